The lowest BCUT2D eigenvalue weighted by atomic mass is 9.94. The molecular weight excluding hydrogens is 702 g/mol. The first-order valence-corrected chi connectivity index (χ1v) is 18.9. The van der Waals surface area contributed by atoms with Gasteiger partial charge >= 0.3 is 0 Å². The molecule has 258 valence electrons. The average Bonchev–Trinajstić information content (AvgIpc) is 3.10. The Bertz CT molecular complexity index is 1830. The third-order valence-corrected chi connectivity index (χ3v) is 11.3. The molecule has 0 aliphatic heterocycles. The molecule has 1 fully saturated rings. The summed E-state index contributed by atoms with van der Waals surface area (Å²) in [5.74, 6) is -0.450. The number of benzene rings is 4. The van der Waals surface area contributed by atoms with E-state index in [1.165, 1.54) is 12.0 Å². The standard InChI is InChI=1S/C39H44BrN3O5S/c1-28-14-21-34(22-15-28)49(46,47)43(35-24-29(2)16-23-37(35)48-3)27-38(44)42(26-31-17-19-32(40)20-18-31)36(25-30-10-6-4-7-11-30)39(45)41-33-12-8-5-9-13-33/h4,6-7,10-11,14-24,33,36H,5,8-9,12-13,25-27H2,1-3H3,(H,41,45)/t36-/m0/s1. The van der Waals surface area contributed by atoms with Gasteiger partial charge in [-0.25, -0.2) is 8.42 Å². The van der Waals surface area contributed by atoms with Gasteiger partial charge in [0.15, 0.2) is 0 Å². The Balaban J connectivity index is 1.60. The van der Waals surface area contributed by atoms with Gasteiger partial charge in [0.05, 0.1) is 17.7 Å². The van der Waals surface area contributed by atoms with E-state index < -0.39 is 28.5 Å². The Kier molecular flexibility index (Phi) is 12.2. The van der Waals surface area contributed by atoms with Gasteiger partial charge in [0.25, 0.3) is 10.0 Å². The van der Waals surface area contributed by atoms with Crippen molar-refractivity contribution in [1.29, 1.82) is 0 Å². The highest BCUT2D eigenvalue weighted by molar-refractivity contribution is 9.10. The summed E-state index contributed by atoms with van der Waals surface area (Å²) in [5.41, 5.74) is 3.65. The number of hydrogen-bond acceptors (Lipinski definition) is 5. The summed E-state index contributed by atoms with van der Waals surface area (Å²) in [6, 6.07) is 28.1. The molecule has 0 unspecified atom stereocenters. The van der Waals surface area contributed by atoms with Crippen molar-refractivity contribution in [2.24, 2.45) is 0 Å². The second-order valence-corrected chi connectivity index (χ2v) is 15.5. The summed E-state index contributed by atoms with van der Waals surface area (Å²) in [6.07, 6.45) is 5.27. The number of carbonyl (C=O) groups excluding carboxylic acids is 2. The summed E-state index contributed by atoms with van der Waals surface area (Å²) in [7, 11) is -2.79. The number of ether oxygens (including phenoxy) is 1. The first kappa shape index (κ1) is 36.1. The summed E-state index contributed by atoms with van der Waals surface area (Å²) in [4.78, 5) is 30.7. The average molecular weight is 747 g/mol. The van der Waals surface area contributed by atoms with Gasteiger partial charge in [-0.15, -0.1) is 0 Å². The smallest absolute Gasteiger partial charge is 0.264 e. The minimum atomic E-state index is -4.26. The third kappa shape index (κ3) is 9.30. The van der Waals surface area contributed by atoms with Gasteiger partial charge in [-0.2, -0.15) is 0 Å². The van der Waals surface area contributed by atoms with Crippen molar-refractivity contribution >= 4 is 43.5 Å². The lowest BCUT2D eigenvalue weighted by Crippen LogP contribution is -2.55. The normalized spacial score (nSPS) is 14.1. The van der Waals surface area contributed by atoms with Crippen molar-refractivity contribution in [3.63, 3.8) is 0 Å². The van der Waals surface area contributed by atoms with Gasteiger partial charge in [-0.1, -0.05) is 101 Å². The van der Waals surface area contributed by atoms with Crippen LogP contribution in [0.15, 0.2) is 106 Å². The van der Waals surface area contributed by atoms with E-state index in [2.05, 4.69) is 21.2 Å². The van der Waals surface area contributed by atoms with Crippen LogP contribution < -0.4 is 14.4 Å². The number of hydrogen-bond donors (Lipinski definition) is 1. The molecule has 0 spiro atoms. The van der Waals surface area contributed by atoms with E-state index in [1.54, 1.807) is 36.4 Å². The highest BCUT2D eigenvalue weighted by Gasteiger charge is 2.36. The Morgan fingerprint density at radius 2 is 1.51 bits per heavy atom. The van der Waals surface area contributed by atoms with E-state index in [1.807, 2.05) is 74.5 Å². The van der Waals surface area contributed by atoms with Gasteiger partial charge in [0.1, 0.15) is 18.3 Å². The van der Waals surface area contributed by atoms with E-state index in [4.69, 9.17) is 4.74 Å². The molecule has 8 nitrogen and oxygen atoms in total. The fraction of sp³-hybridized carbons (Fsp3) is 0.333. The van der Waals surface area contributed by atoms with Gasteiger partial charge in [0.2, 0.25) is 11.8 Å². The van der Waals surface area contributed by atoms with E-state index in [0.29, 0.717) is 5.75 Å². The van der Waals surface area contributed by atoms with Crippen molar-refractivity contribution in [2.45, 2.75) is 75.9 Å². The topological polar surface area (TPSA) is 96.0 Å². The van der Waals surface area contributed by atoms with Crippen LogP contribution in [0.4, 0.5) is 5.69 Å². The minimum absolute atomic E-state index is 0.0270. The van der Waals surface area contributed by atoms with Crippen LogP contribution in [0.25, 0.3) is 0 Å². The minimum Gasteiger partial charge on any atom is -0.495 e. The number of methoxy groups -OCH3 is 1. The van der Waals surface area contributed by atoms with Crippen molar-refractivity contribution in [1.82, 2.24) is 10.2 Å². The SMILES string of the molecule is COc1ccc(C)cc1N(CC(=O)N(Cc1ccc(Br)cc1)[C@@H](Cc1ccccc1)C(=O)NC1CCCCC1)S(=O)(=O)c1ccc(C)cc1. The zero-order chi connectivity index (χ0) is 35.0. The molecule has 0 saturated heterocycles. The van der Waals surface area contributed by atoms with Crippen molar-refractivity contribution in [3.8, 4) is 5.75 Å². The molecule has 5 rings (SSSR count). The van der Waals surface area contributed by atoms with E-state index in [9.17, 15) is 18.0 Å². The zero-order valence-corrected chi connectivity index (χ0v) is 30.7. The molecule has 0 radical (unpaired) electrons. The number of carbonyl (C=O) groups is 2. The van der Waals surface area contributed by atoms with Crippen molar-refractivity contribution in [2.75, 3.05) is 18.0 Å². The largest absolute Gasteiger partial charge is 0.495 e. The maximum absolute atomic E-state index is 14.8. The molecule has 0 heterocycles. The predicted molar refractivity (Wildman–Crippen MR) is 197 cm³/mol. The molecular formula is C39H44BrN3O5S. The monoisotopic (exact) mass is 745 g/mol. The summed E-state index contributed by atoms with van der Waals surface area (Å²) in [5, 5.41) is 3.25. The fourth-order valence-electron chi connectivity index (χ4n) is 6.23. The number of halogens is 1. The first-order valence-electron chi connectivity index (χ1n) is 16.7. The maximum Gasteiger partial charge on any atom is 0.264 e. The lowest BCUT2D eigenvalue weighted by molar-refractivity contribution is -0.140. The number of nitrogens with zero attached hydrogens (tertiary/aromatic N) is 2. The molecule has 4 aromatic rings. The molecule has 4 aromatic carbocycles. The van der Waals surface area contributed by atoms with Gasteiger partial charge in [-0.3, -0.25) is 13.9 Å². The molecule has 10 heteroatoms. The molecule has 0 bridgehead atoms. The van der Waals surface area contributed by atoms with Crippen LogP contribution in [0.3, 0.4) is 0 Å². The number of anilines is 1. The molecule has 1 aliphatic carbocycles. The van der Waals surface area contributed by atoms with Crippen molar-refractivity contribution in [3.05, 3.63) is 124 Å². The number of amides is 2. The summed E-state index contributed by atoms with van der Waals surface area (Å²) < 4.78 is 36.5. The van der Waals surface area contributed by atoms with Crippen LogP contribution in [-0.4, -0.2) is 50.9 Å². The number of rotatable bonds is 13. The fourth-order valence-corrected chi connectivity index (χ4v) is 7.91. The number of nitrogens with one attached hydrogen (secondary N) is 1. The Hall–Kier alpha value is -4.15. The van der Waals surface area contributed by atoms with E-state index in [0.717, 1.165) is 63.1 Å². The second-order valence-electron chi connectivity index (χ2n) is 12.7. The van der Waals surface area contributed by atoms with Crippen molar-refractivity contribution < 1.29 is 22.7 Å². The third-order valence-electron chi connectivity index (χ3n) is 8.98. The maximum atomic E-state index is 14.8. The van der Waals surface area contributed by atoms with E-state index >= 15 is 0 Å². The van der Waals surface area contributed by atoms with Crippen LogP contribution in [0.1, 0.15) is 54.4 Å². The summed E-state index contributed by atoms with van der Waals surface area (Å²) in [6.45, 7) is 3.29. The molecule has 2 amide bonds. The van der Waals surface area contributed by atoms with Crippen LogP contribution in [0.5, 0.6) is 5.75 Å². The number of aryl methyl sites for hydroxylation is 2. The Labute approximate surface area is 298 Å². The quantitative estimate of drug-likeness (QED) is 0.154. The highest BCUT2D eigenvalue weighted by atomic mass is 79.9. The van der Waals surface area contributed by atoms with Crippen LogP contribution in [-0.2, 0) is 32.6 Å². The van der Waals surface area contributed by atoms with Gasteiger partial charge in [-0.05, 0) is 79.8 Å². The van der Waals surface area contributed by atoms with Crippen LogP contribution >= 0.6 is 15.9 Å². The number of sulfonamides is 1. The van der Waals surface area contributed by atoms with Gasteiger partial charge < -0.3 is 15.0 Å². The highest BCUT2D eigenvalue weighted by Crippen LogP contribution is 2.34. The molecule has 1 N–H and O–H groups in total. The molecule has 49 heavy (non-hydrogen) atoms. The van der Waals surface area contributed by atoms with E-state index in [-0.39, 0.29) is 35.5 Å². The van der Waals surface area contributed by atoms with Gasteiger partial charge in [0, 0.05) is 23.5 Å². The second kappa shape index (κ2) is 16.5. The predicted octanol–water partition coefficient (Wildman–Crippen LogP) is 7.36. The summed E-state index contributed by atoms with van der Waals surface area (Å²) >= 11 is 3.49. The molecule has 1 aliphatic rings. The Morgan fingerprint density at radius 1 is 0.857 bits per heavy atom. The zero-order valence-electron chi connectivity index (χ0n) is 28.3. The molecule has 1 saturated carbocycles. The lowest BCUT2D eigenvalue weighted by Gasteiger charge is -2.35. The molecule has 1 atom stereocenters. The van der Waals surface area contributed by atoms with Crippen LogP contribution in [0.2, 0.25) is 0 Å². The van der Waals surface area contributed by atoms with Crippen LogP contribution in [0, 0.1) is 13.8 Å². The first-order chi connectivity index (χ1) is 23.5. The molecule has 0 aromatic heterocycles. The Morgan fingerprint density at radius 3 is 2.16 bits per heavy atom.